The van der Waals surface area contributed by atoms with Crippen LogP contribution in [0.4, 0.5) is 14.6 Å². The fourth-order valence-corrected chi connectivity index (χ4v) is 4.34. The van der Waals surface area contributed by atoms with Gasteiger partial charge in [-0.2, -0.15) is 8.78 Å². The molecule has 39 heavy (non-hydrogen) atoms. The summed E-state index contributed by atoms with van der Waals surface area (Å²) in [5, 5.41) is 3.16. The van der Waals surface area contributed by atoms with Crippen molar-refractivity contribution in [3.63, 3.8) is 0 Å². The lowest BCUT2D eigenvalue weighted by molar-refractivity contribution is -0.180. The van der Waals surface area contributed by atoms with Crippen LogP contribution in [-0.2, 0) is 15.4 Å². The smallest absolute Gasteiger partial charge is 0.291 e. The van der Waals surface area contributed by atoms with Crippen LogP contribution in [0.1, 0.15) is 66.7 Å². The van der Waals surface area contributed by atoms with E-state index in [2.05, 4.69) is 45.7 Å². The molecule has 3 rings (SSSR count). The first kappa shape index (κ1) is 30.6. The number of halogens is 2. The molecule has 2 aromatic heterocycles. The van der Waals surface area contributed by atoms with Crippen molar-refractivity contribution in [1.29, 1.82) is 0 Å². The monoisotopic (exact) mass is 545 g/mol. The Morgan fingerprint density at radius 3 is 2.54 bits per heavy atom. The van der Waals surface area contributed by atoms with Crippen LogP contribution in [0.15, 0.2) is 36.9 Å². The summed E-state index contributed by atoms with van der Waals surface area (Å²) < 4.78 is 47.0. The van der Waals surface area contributed by atoms with Gasteiger partial charge in [0, 0.05) is 13.8 Å². The lowest BCUT2D eigenvalue weighted by Gasteiger charge is -2.45. The average molecular weight is 546 g/mol. The molecule has 0 amide bonds. The minimum absolute atomic E-state index is 0. The SMILES string of the molecule is [CH]=C([CH2])[C@H]1[C@@H](OC(C)(C)C)[C@@H](COc2cnc(C(=C)CCC)cn2)OC[C@@H]1Nc1cncc(C(F)(F)CC)n1.[HH]. The summed E-state index contributed by atoms with van der Waals surface area (Å²) in [6.07, 6.45) is 5.98. The summed E-state index contributed by atoms with van der Waals surface area (Å²) in [7, 11) is 0. The first-order chi connectivity index (χ1) is 18.3. The molecule has 4 atom stereocenters. The Hall–Kier alpha value is -2.98. The molecule has 2 aromatic rings. The highest BCUT2D eigenvalue weighted by Crippen LogP contribution is 2.35. The Morgan fingerprint density at radius 1 is 1.21 bits per heavy atom. The molecule has 0 spiro atoms. The molecular weight excluding hydrogens is 504 g/mol. The molecule has 8 nitrogen and oxygen atoms in total. The van der Waals surface area contributed by atoms with Crippen molar-refractivity contribution < 1.29 is 24.4 Å². The highest BCUT2D eigenvalue weighted by Gasteiger charge is 2.44. The summed E-state index contributed by atoms with van der Waals surface area (Å²) in [5.41, 5.74) is 1.04. The van der Waals surface area contributed by atoms with Crippen LogP contribution in [0.2, 0.25) is 0 Å². The second-order valence-electron chi connectivity index (χ2n) is 10.7. The summed E-state index contributed by atoms with van der Waals surface area (Å²) in [4.78, 5) is 16.8. The number of ether oxygens (including phenoxy) is 3. The van der Waals surface area contributed by atoms with Crippen molar-refractivity contribution in [1.82, 2.24) is 19.9 Å². The van der Waals surface area contributed by atoms with E-state index in [1.165, 1.54) is 13.1 Å². The number of hydrogen-bond donors (Lipinski definition) is 1. The van der Waals surface area contributed by atoms with E-state index in [-0.39, 0.29) is 26.9 Å². The fourth-order valence-electron chi connectivity index (χ4n) is 4.34. The lowest BCUT2D eigenvalue weighted by Crippen LogP contribution is -2.57. The molecule has 0 unspecified atom stereocenters. The molecule has 0 aliphatic carbocycles. The van der Waals surface area contributed by atoms with Gasteiger partial charge in [0.15, 0.2) is 0 Å². The molecule has 10 heteroatoms. The van der Waals surface area contributed by atoms with Crippen LogP contribution in [0.25, 0.3) is 5.57 Å². The number of hydrogen-bond acceptors (Lipinski definition) is 8. The molecule has 1 aliphatic rings. The zero-order valence-electron chi connectivity index (χ0n) is 23.4. The number of allylic oxidation sites excluding steroid dienone is 1. The third-order valence-corrected chi connectivity index (χ3v) is 6.29. The quantitative estimate of drug-likeness (QED) is 0.343. The Morgan fingerprint density at radius 2 is 1.95 bits per heavy atom. The van der Waals surface area contributed by atoms with E-state index in [0.717, 1.165) is 30.3 Å². The van der Waals surface area contributed by atoms with Crippen molar-refractivity contribution in [3.05, 3.63) is 61.8 Å². The topological polar surface area (TPSA) is 91.3 Å². The number of aromatic nitrogens is 4. The molecule has 3 heterocycles. The molecule has 1 N–H and O–H groups in total. The van der Waals surface area contributed by atoms with Gasteiger partial charge in [-0.3, -0.25) is 4.98 Å². The first-order valence-electron chi connectivity index (χ1n) is 13.2. The van der Waals surface area contributed by atoms with Crippen molar-refractivity contribution in [2.45, 2.75) is 83.7 Å². The number of alkyl halides is 2. The van der Waals surface area contributed by atoms with E-state index in [1.807, 2.05) is 20.8 Å². The maximum Gasteiger partial charge on any atom is 0.291 e. The van der Waals surface area contributed by atoms with E-state index in [1.54, 1.807) is 12.4 Å². The van der Waals surface area contributed by atoms with Gasteiger partial charge < -0.3 is 19.5 Å². The molecule has 1 saturated heterocycles. The van der Waals surface area contributed by atoms with Gasteiger partial charge in [-0.05, 0) is 39.7 Å². The van der Waals surface area contributed by atoms with Crippen LogP contribution in [-0.4, -0.2) is 57.0 Å². The number of nitrogens with one attached hydrogen (secondary N) is 1. The third kappa shape index (κ3) is 8.25. The van der Waals surface area contributed by atoms with Crippen molar-refractivity contribution in [2.24, 2.45) is 5.92 Å². The molecule has 214 valence electrons. The molecule has 1 aliphatic heterocycles. The van der Waals surface area contributed by atoms with Crippen LogP contribution in [0.5, 0.6) is 5.88 Å². The largest absolute Gasteiger partial charge is 0.474 e. The van der Waals surface area contributed by atoms with Crippen molar-refractivity contribution >= 4 is 11.4 Å². The van der Waals surface area contributed by atoms with Gasteiger partial charge in [0.05, 0.1) is 54.8 Å². The zero-order chi connectivity index (χ0) is 28.8. The Kier molecular flexibility index (Phi) is 10.1. The fraction of sp³-hybridized carbons (Fsp3) is 0.552. The lowest BCUT2D eigenvalue weighted by atomic mass is 9.82. The summed E-state index contributed by atoms with van der Waals surface area (Å²) in [6.45, 7) is 23.9. The highest BCUT2D eigenvalue weighted by molar-refractivity contribution is 5.58. The zero-order valence-corrected chi connectivity index (χ0v) is 23.4. The van der Waals surface area contributed by atoms with Crippen LogP contribution in [0.3, 0.4) is 0 Å². The predicted octanol–water partition coefficient (Wildman–Crippen LogP) is 6.08. The van der Waals surface area contributed by atoms with Crippen LogP contribution < -0.4 is 10.1 Å². The van der Waals surface area contributed by atoms with E-state index >= 15 is 0 Å². The predicted molar refractivity (Wildman–Crippen MR) is 148 cm³/mol. The van der Waals surface area contributed by atoms with E-state index in [4.69, 9.17) is 20.8 Å². The maximum atomic E-state index is 14.2. The third-order valence-electron chi connectivity index (χ3n) is 6.29. The van der Waals surface area contributed by atoms with Crippen LogP contribution in [0, 0.1) is 19.4 Å². The molecule has 1 fully saturated rings. The van der Waals surface area contributed by atoms with E-state index in [0.29, 0.717) is 11.5 Å². The first-order valence-corrected chi connectivity index (χ1v) is 13.2. The Bertz CT molecular complexity index is 1130. The Balaban J connectivity index is 0.00000560. The van der Waals surface area contributed by atoms with E-state index < -0.39 is 41.4 Å². The van der Waals surface area contributed by atoms with Gasteiger partial charge in [-0.1, -0.05) is 39.0 Å². The second kappa shape index (κ2) is 12.9. The van der Waals surface area contributed by atoms with Gasteiger partial charge in [0.2, 0.25) is 5.88 Å². The molecule has 2 radical (unpaired) electrons. The summed E-state index contributed by atoms with van der Waals surface area (Å²) >= 11 is 0. The molecule has 0 saturated carbocycles. The number of anilines is 1. The van der Waals surface area contributed by atoms with Gasteiger partial charge in [-0.15, -0.1) is 0 Å². The van der Waals surface area contributed by atoms with Gasteiger partial charge >= 0.3 is 0 Å². The second-order valence-corrected chi connectivity index (χ2v) is 10.7. The average Bonchev–Trinajstić information content (AvgIpc) is 2.87. The molecular formula is C29H41F2N5O3. The minimum atomic E-state index is -3.09. The summed E-state index contributed by atoms with van der Waals surface area (Å²) in [5.74, 6) is -3.01. The Labute approximate surface area is 231 Å². The van der Waals surface area contributed by atoms with Gasteiger partial charge in [0.25, 0.3) is 5.92 Å². The number of rotatable bonds is 12. The standard InChI is InChI=1S/C29H39F2N5O3.H2/c1-9-11-19(5)20-12-34-25(15-33-20)38-17-22-27(39-28(6,7)8)26(18(3)4)21(16-37-22)35-24-14-32-13-23(36-24)29(30,31)10-2;/h3,12-15,21-22,26-27H,4-5,9-11,16-17H2,1-2,6-8H3,(H,35,36);1H/t21-,22+,26+,27-;/m0./s1. The van der Waals surface area contributed by atoms with Crippen molar-refractivity contribution in [2.75, 3.05) is 18.5 Å². The minimum Gasteiger partial charge on any atom is -0.474 e. The van der Waals surface area contributed by atoms with E-state index in [9.17, 15) is 8.78 Å². The summed E-state index contributed by atoms with van der Waals surface area (Å²) in [6, 6.07) is -0.463. The van der Waals surface area contributed by atoms with Gasteiger partial charge in [0.1, 0.15) is 24.2 Å². The number of nitrogens with zero attached hydrogens (tertiary/aromatic N) is 4. The highest BCUT2D eigenvalue weighted by atomic mass is 19.3. The van der Waals surface area contributed by atoms with Crippen molar-refractivity contribution in [3.8, 4) is 5.88 Å². The molecule has 0 bridgehead atoms. The maximum absolute atomic E-state index is 14.2. The van der Waals surface area contributed by atoms with Crippen LogP contribution >= 0.6 is 0 Å². The van der Waals surface area contributed by atoms with Gasteiger partial charge in [-0.25, -0.2) is 15.0 Å². The normalized spacial score (nSPS) is 21.8. The molecule has 0 aromatic carbocycles.